The number of aromatic nitrogens is 5. The molecule has 21 heavy (non-hydrogen) atoms. The molecule has 6 nitrogen and oxygen atoms in total. The van der Waals surface area contributed by atoms with Crippen LogP contribution in [0.4, 0.5) is 11.5 Å². The van der Waals surface area contributed by atoms with Crippen molar-refractivity contribution in [3.05, 3.63) is 34.5 Å². The minimum Gasteiger partial charge on any atom is -0.338 e. The molecule has 0 aliphatic heterocycles. The first-order valence-corrected chi connectivity index (χ1v) is 9.41. The molecule has 0 fully saturated rings. The number of hydrogen-bond acceptors (Lipinski definition) is 5. The van der Waals surface area contributed by atoms with Gasteiger partial charge in [0, 0.05) is 17.7 Å². The fraction of sp³-hybridized carbons (Fsp3) is 0.167. The lowest BCUT2D eigenvalue weighted by Crippen LogP contribution is -2.13. The molecule has 0 amide bonds. The van der Waals surface area contributed by atoms with Gasteiger partial charge in [-0.25, -0.2) is 14.5 Å². The number of fused-ring (bicyclic) bond motifs is 1. The fourth-order valence-electron chi connectivity index (χ4n) is 1.98. The molecule has 3 heterocycles. The molecule has 0 saturated carbocycles. The summed E-state index contributed by atoms with van der Waals surface area (Å²) < 4.78 is 2.51. The number of nitrogens with one attached hydrogen (secondary N) is 1. The fourth-order valence-corrected chi connectivity index (χ4v) is 3.57. The average Bonchev–Trinajstić information content (AvgIpc) is 2.90. The molecule has 0 aliphatic carbocycles. The number of rotatable bonds is 3. The number of hydrogen-bond donors (Lipinski definition) is 1. The molecule has 0 aliphatic rings. The molecule has 1 N–H and O–H groups in total. The first-order chi connectivity index (χ1) is 10.1. The first kappa shape index (κ1) is 14.6. The lowest BCUT2D eigenvalue weighted by molar-refractivity contribution is 0.964. The molecule has 3 rings (SSSR count). The largest absolute Gasteiger partial charge is 0.338 e. The standard InChI is InChI=1S/C12H11BrClN6P/c1-21(2)9-8(3-4-20-11(9)16-6-17-20)18-10-7(13)5-15-12(14)19-10/h3-6H,1-2H3,(H,15,18,19). The monoisotopic (exact) mass is 384 g/mol. The molecule has 0 radical (unpaired) electrons. The van der Waals surface area contributed by atoms with E-state index in [0.717, 1.165) is 21.1 Å². The molecule has 9 heteroatoms. The maximum Gasteiger partial charge on any atom is 0.224 e. The van der Waals surface area contributed by atoms with E-state index in [1.165, 1.54) is 0 Å². The second-order valence-corrected chi connectivity index (χ2v) is 7.89. The highest BCUT2D eigenvalue weighted by Gasteiger charge is 2.15. The zero-order chi connectivity index (χ0) is 15.0. The van der Waals surface area contributed by atoms with Gasteiger partial charge in [0.05, 0.1) is 10.2 Å². The highest BCUT2D eigenvalue weighted by atomic mass is 79.9. The Hall–Kier alpha value is -1.30. The number of nitrogens with zero attached hydrogens (tertiary/aromatic N) is 5. The summed E-state index contributed by atoms with van der Waals surface area (Å²) in [5, 5.41) is 8.80. The maximum atomic E-state index is 5.86. The van der Waals surface area contributed by atoms with Crippen molar-refractivity contribution in [1.82, 2.24) is 24.6 Å². The van der Waals surface area contributed by atoms with E-state index in [1.807, 2.05) is 12.3 Å². The molecule has 0 atom stereocenters. The van der Waals surface area contributed by atoms with E-state index in [-0.39, 0.29) is 13.2 Å². The van der Waals surface area contributed by atoms with Gasteiger partial charge >= 0.3 is 0 Å². The minimum absolute atomic E-state index is 0.195. The number of anilines is 2. The summed E-state index contributed by atoms with van der Waals surface area (Å²) in [4.78, 5) is 12.5. The van der Waals surface area contributed by atoms with E-state index < -0.39 is 0 Å². The van der Waals surface area contributed by atoms with Crippen molar-refractivity contribution in [2.75, 3.05) is 18.6 Å². The third-order valence-corrected chi connectivity index (χ3v) is 4.94. The Morgan fingerprint density at radius 2 is 2.14 bits per heavy atom. The molecule has 0 spiro atoms. The third kappa shape index (κ3) is 2.86. The highest BCUT2D eigenvalue weighted by molar-refractivity contribution is 9.10. The predicted octanol–water partition coefficient (Wildman–Crippen LogP) is 3.05. The van der Waals surface area contributed by atoms with Gasteiger partial charge in [-0.15, -0.1) is 0 Å². The van der Waals surface area contributed by atoms with E-state index in [4.69, 9.17) is 11.6 Å². The van der Waals surface area contributed by atoms with E-state index >= 15 is 0 Å². The van der Waals surface area contributed by atoms with Gasteiger partial charge in [-0.05, 0) is 46.9 Å². The Balaban J connectivity index is 2.11. The van der Waals surface area contributed by atoms with Crippen molar-refractivity contribution in [1.29, 1.82) is 0 Å². The molecular formula is C12H11BrClN6P. The van der Waals surface area contributed by atoms with Gasteiger partial charge in [0.25, 0.3) is 0 Å². The molecule has 3 aromatic rings. The smallest absolute Gasteiger partial charge is 0.224 e. The molecule has 108 valence electrons. The lowest BCUT2D eigenvalue weighted by atomic mass is 10.4. The van der Waals surface area contributed by atoms with Gasteiger partial charge in [0.2, 0.25) is 5.28 Å². The van der Waals surface area contributed by atoms with Crippen LogP contribution in [0.2, 0.25) is 5.28 Å². The van der Waals surface area contributed by atoms with Crippen LogP contribution in [0.15, 0.2) is 29.3 Å². The Morgan fingerprint density at radius 3 is 2.90 bits per heavy atom. The topological polar surface area (TPSA) is 68.0 Å². The summed E-state index contributed by atoms with van der Waals surface area (Å²) in [7, 11) is -0.381. The molecule has 3 aromatic heterocycles. The summed E-state index contributed by atoms with van der Waals surface area (Å²) >= 11 is 9.28. The van der Waals surface area contributed by atoms with Gasteiger partial charge in [-0.3, -0.25) is 0 Å². The van der Waals surface area contributed by atoms with Gasteiger partial charge in [0.15, 0.2) is 5.65 Å². The molecular weight excluding hydrogens is 375 g/mol. The van der Waals surface area contributed by atoms with Crippen molar-refractivity contribution in [3.63, 3.8) is 0 Å². The summed E-state index contributed by atoms with van der Waals surface area (Å²) in [5.74, 6) is 0.622. The van der Waals surface area contributed by atoms with Gasteiger partial charge in [-0.2, -0.15) is 10.1 Å². The summed E-state index contributed by atoms with van der Waals surface area (Å²) in [5.41, 5.74) is 1.80. The van der Waals surface area contributed by atoms with Crippen LogP contribution in [0.25, 0.3) is 5.65 Å². The second kappa shape index (κ2) is 5.83. The second-order valence-electron chi connectivity index (χ2n) is 4.46. The molecule has 0 saturated heterocycles. The minimum atomic E-state index is -0.381. The Bertz CT molecular complexity index is 806. The van der Waals surface area contributed by atoms with Crippen LogP contribution < -0.4 is 10.6 Å². The van der Waals surface area contributed by atoms with Crippen LogP contribution in [-0.4, -0.2) is 37.9 Å². The average molecular weight is 386 g/mol. The highest BCUT2D eigenvalue weighted by Crippen LogP contribution is 2.32. The van der Waals surface area contributed by atoms with Crippen molar-refractivity contribution < 1.29 is 0 Å². The van der Waals surface area contributed by atoms with Crippen molar-refractivity contribution in [2.24, 2.45) is 0 Å². The van der Waals surface area contributed by atoms with Crippen LogP contribution in [0.1, 0.15) is 0 Å². The van der Waals surface area contributed by atoms with E-state index in [0.29, 0.717) is 5.82 Å². The van der Waals surface area contributed by atoms with Crippen LogP contribution in [0.5, 0.6) is 0 Å². The van der Waals surface area contributed by atoms with Crippen molar-refractivity contribution >= 4 is 57.9 Å². The summed E-state index contributed by atoms with van der Waals surface area (Å²) in [6.07, 6.45) is 5.04. The summed E-state index contributed by atoms with van der Waals surface area (Å²) in [6.45, 7) is 4.35. The van der Waals surface area contributed by atoms with Crippen LogP contribution in [-0.2, 0) is 0 Å². The van der Waals surface area contributed by atoms with E-state index in [9.17, 15) is 0 Å². The Kier molecular flexibility index (Phi) is 4.06. The van der Waals surface area contributed by atoms with E-state index in [1.54, 1.807) is 17.0 Å². The zero-order valence-corrected chi connectivity index (χ0v) is 14.5. The number of pyridine rings is 1. The van der Waals surface area contributed by atoms with Gasteiger partial charge in [-0.1, -0.05) is 7.92 Å². The molecule has 0 unspecified atom stereocenters. The van der Waals surface area contributed by atoms with Crippen LogP contribution in [0, 0.1) is 0 Å². The SMILES string of the molecule is CP(C)c1c(Nc2nc(Cl)ncc2Br)ccn2ncnc12. The van der Waals surface area contributed by atoms with Crippen molar-refractivity contribution in [2.45, 2.75) is 0 Å². The zero-order valence-electron chi connectivity index (χ0n) is 11.2. The third-order valence-electron chi connectivity index (χ3n) is 2.84. The number of halogens is 2. The molecule has 0 bridgehead atoms. The first-order valence-electron chi connectivity index (χ1n) is 6.01. The Morgan fingerprint density at radius 1 is 1.33 bits per heavy atom. The maximum absolute atomic E-state index is 5.86. The van der Waals surface area contributed by atoms with Gasteiger partial charge in [0.1, 0.15) is 12.1 Å². The van der Waals surface area contributed by atoms with Gasteiger partial charge < -0.3 is 5.32 Å². The van der Waals surface area contributed by atoms with E-state index in [2.05, 4.69) is 54.6 Å². The predicted molar refractivity (Wildman–Crippen MR) is 89.4 cm³/mol. The van der Waals surface area contributed by atoms with Crippen LogP contribution >= 0.6 is 35.5 Å². The normalized spacial score (nSPS) is 11.3. The van der Waals surface area contributed by atoms with Crippen molar-refractivity contribution in [3.8, 4) is 0 Å². The lowest BCUT2D eigenvalue weighted by Gasteiger charge is -2.15. The quantitative estimate of drug-likeness (QED) is 0.554. The molecule has 0 aromatic carbocycles. The van der Waals surface area contributed by atoms with Crippen LogP contribution in [0.3, 0.4) is 0 Å². The Labute approximate surface area is 135 Å². The summed E-state index contributed by atoms with van der Waals surface area (Å²) in [6, 6.07) is 1.96.